The number of hydrogen-bond donors (Lipinski definition) is 1. The van der Waals surface area contributed by atoms with E-state index < -0.39 is 0 Å². The van der Waals surface area contributed by atoms with E-state index in [4.69, 9.17) is 17.3 Å². The van der Waals surface area contributed by atoms with Gasteiger partial charge in [0, 0.05) is 19.0 Å². The van der Waals surface area contributed by atoms with Crippen molar-refractivity contribution < 1.29 is 0 Å². The number of imidazole rings is 1. The average Bonchev–Trinajstić information content (AvgIpc) is 2.67. The molecule has 1 aromatic carbocycles. The molecule has 4 heteroatoms. The molecule has 1 unspecified atom stereocenters. The van der Waals surface area contributed by atoms with Crippen LogP contribution in [0, 0.1) is 0 Å². The number of nitrogens with two attached hydrogens (primary N) is 1. The van der Waals surface area contributed by atoms with Crippen molar-refractivity contribution in [3.8, 4) is 0 Å². The van der Waals surface area contributed by atoms with Crippen molar-refractivity contribution in [2.24, 2.45) is 5.73 Å². The highest BCUT2D eigenvalue weighted by molar-refractivity contribution is 6.35. The molecule has 0 fully saturated rings. The molecule has 2 aromatic rings. The lowest BCUT2D eigenvalue weighted by Gasteiger charge is -2.10. The van der Waals surface area contributed by atoms with Crippen molar-refractivity contribution in [2.45, 2.75) is 39.3 Å². The molecular weight excluding hydrogens is 234 g/mol. The van der Waals surface area contributed by atoms with Gasteiger partial charge in [-0.05, 0) is 25.5 Å². The fourth-order valence-electron chi connectivity index (χ4n) is 2.07. The van der Waals surface area contributed by atoms with Crippen LogP contribution in [-0.2, 0) is 13.0 Å². The lowest BCUT2D eigenvalue weighted by molar-refractivity contribution is 0.597. The summed E-state index contributed by atoms with van der Waals surface area (Å²) in [6, 6.07) is 5.99. The van der Waals surface area contributed by atoms with Crippen molar-refractivity contribution in [2.75, 3.05) is 0 Å². The molecule has 0 spiro atoms. The van der Waals surface area contributed by atoms with Gasteiger partial charge in [0.25, 0.3) is 0 Å². The van der Waals surface area contributed by atoms with E-state index >= 15 is 0 Å². The van der Waals surface area contributed by atoms with Crippen LogP contribution in [0.1, 0.15) is 26.1 Å². The van der Waals surface area contributed by atoms with E-state index in [1.54, 1.807) is 0 Å². The highest BCUT2D eigenvalue weighted by Gasteiger charge is 2.13. The quantitative estimate of drug-likeness (QED) is 0.908. The van der Waals surface area contributed by atoms with Gasteiger partial charge in [-0.2, -0.15) is 0 Å². The number of hydrogen-bond acceptors (Lipinski definition) is 2. The molecule has 0 amide bonds. The van der Waals surface area contributed by atoms with Crippen molar-refractivity contribution >= 4 is 22.6 Å². The standard InChI is InChI=1S/C13H18ClN3/c1-3-9(15)8-12-16-11-7-5-6-10(14)13(11)17(12)4-2/h5-7,9H,3-4,8,15H2,1-2H3. The van der Waals surface area contributed by atoms with Crippen LogP contribution in [0.3, 0.4) is 0 Å². The van der Waals surface area contributed by atoms with E-state index in [1.807, 2.05) is 18.2 Å². The number of fused-ring (bicyclic) bond motifs is 1. The van der Waals surface area contributed by atoms with Crippen LogP contribution in [-0.4, -0.2) is 15.6 Å². The molecule has 0 saturated heterocycles. The predicted molar refractivity (Wildman–Crippen MR) is 72.4 cm³/mol. The minimum atomic E-state index is 0.163. The Kier molecular flexibility index (Phi) is 3.69. The van der Waals surface area contributed by atoms with E-state index in [0.29, 0.717) is 0 Å². The van der Waals surface area contributed by atoms with Gasteiger partial charge in [-0.3, -0.25) is 0 Å². The first-order chi connectivity index (χ1) is 8.17. The number of halogens is 1. The lowest BCUT2D eigenvalue weighted by atomic mass is 10.1. The van der Waals surface area contributed by atoms with Gasteiger partial charge in [-0.1, -0.05) is 24.6 Å². The highest BCUT2D eigenvalue weighted by Crippen LogP contribution is 2.25. The SMILES string of the molecule is CCC(N)Cc1nc2cccc(Cl)c2n1CC. The maximum absolute atomic E-state index is 6.23. The molecule has 2 N–H and O–H groups in total. The Morgan fingerprint density at radius 3 is 2.82 bits per heavy atom. The van der Waals surface area contributed by atoms with Crippen LogP contribution in [0.5, 0.6) is 0 Å². The van der Waals surface area contributed by atoms with Crippen molar-refractivity contribution in [3.05, 3.63) is 29.0 Å². The first kappa shape index (κ1) is 12.4. The van der Waals surface area contributed by atoms with E-state index in [1.165, 1.54) is 0 Å². The summed E-state index contributed by atoms with van der Waals surface area (Å²) in [4.78, 5) is 4.63. The highest BCUT2D eigenvalue weighted by atomic mass is 35.5. The zero-order valence-electron chi connectivity index (χ0n) is 10.3. The Morgan fingerprint density at radius 2 is 2.18 bits per heavy atom. The van der Waals surface area contributed by atoms with Gasteiger partial charge in [0.2, 0.25) is 0 Å². The third-order valence-corrected chi connectivity index (χ3v) is 3.39. The minimum absolute atomic E-state index is 0.163. The molecule has 1 aromatic heterocycles. The number of para-hydroxylation sites is 1. The van der Waals surface area contributed by atoms with E-state index in [-0.39, 0.29) is 6.04 Å². The van der Waals surface area contributed by atoms with Crippen LogP contribution in [0.2, 0.25) is 5.02 Å². The summed E-state index contributed by atoms with van der Waals surface area (Å²) in [7, 11) is 0. The maximum Gasteiger partial charge on any atom is 0.111 e. The summed E-state index contributed by atoms with van der Waals surface area (Å²) in [6.45, 7) is 5.06. The Labute approximate surface area is 107 Å². The Balaban J connectivity index is 2.53. The summed E-state index contributed by atoms with van der Waals surface area (Å²) in [6.07, 6.45) is 1.76. The number of aromatic nitrogens is 2. The molecule has 1 atom stereocenters. The summed E-state index contributed by atoms with van der Waals surface area (Å²) in [5.41, 5.74) is 7.98. The molecule has 17 heavy (non-hydrogen) atoms. The van der Waals surface area contributed by atoms with Gasteiger partial charge in [-0.25, -0.2) is 4.98 Å². The van der Waals surface area contributed by atoms with Crippen molar-refractivity contribution in [3.63, 3.8) is 0 Å². The van der Waals surface area contributed by atoms with Gasteiger partial charge in [-0.15, -0.1) is 0 Å². The molecule has 0 aliphatic rings. The molecule has 1 heterocycles. The third-order valence-electron chi connectivity index (χ3n) is 3.08. The Bertz CT molecular complexity index is 519. The first-order valence-corrected chi connectivity index (χ1v) is 6.44. The van der Waals surface area contributed by atoms with E-state index in [0.717, 1.165) is 41.3 Å². The number of aryl methyl sites for hydroxylation is 1. The summed E-state index contributed by atoms with van der Waals surface area (Å²) in [5, 5.41) is 0.758. The molecule has 0 saturated carbocycles. The summed E-state index contributed by atoms with van der Waals surface area (Å²) >= 11 is 6.23. The van der Waals surface area contributed by atoms with Crippen LogP contribution < -0.4 is 5.73 Å². The van der Waals surface area contributed by atoms with Gasteiger partial charge in [0.15, 0.2) is 0 Å². The molecule has 92 valence electrons. The van der Waals surface area contributed by atoms with Gasteiger partial charge in [0.1, 0.15) is 5.82 Å². The predicted octanol–water partition coefficient (Wildman–Crippen LogP) is 2.99. The smallest absolute Gasteiger partial charge is 0.111 e. The second-order valence-electron chi connectivity index (χ2n) is 4.25. The number of rotatable bonds is 4. The monoisotopic (exact) mass is 251 g/mol. The normalized spacial score (nSPS) is 13.2. The van der Waals surface area contributed by atoms with Crippen LogP contribution in [0.25, 0.3) is 11.0 Å². The maximum atomic E-state index is 6.23. The number of benzene rings is 1. The van der Waals surface area contributed by atoms with E-state index in [2.05, 4.69) is 23.4 Å². The lowest BCUT2D eigenvalue weighted by Crippen LogP contribution is -2.23. The van der Waals surface area contributed by atoms with Crippen LogP contribution in [0.4, 0.5) is 0 Å². The first-order valence-electron chi connectivity index (χ1n) is 6.06. The molecule has 2 rings (SSSR count). The van der Waals surface area contributed by atoms with Crippen molar-refractivity contribution in [1.82, 2.24) is 9.55 Å². The average molecular weight is 252 g/mol. The van der Waals surface area contributed by atoms with Gasteiger partial charge in [0.05, 0.1) is 16.1 Å². The summed E-state index contributed by atoms with van der Waals surface area (Å²) < 4.78 is 2.16. The van der Waals surface area contributed by atoms with E-state index in [9.17, 15) is 0 Å². The summed E-state index contributed by atoms with van der Waals surface area (Å²) in [5.74, 6) is 1.03. The molecule has 0 radical (unpaired) electrons. The number of nitrogens with zero attached hydrogens (tertiary/aromatic N) is 2. The molecular formula is C13H18ClN3. The topological polar surface area (TPSA) is 43.8 Å². The van der Waals surface area contributed by atoms with Gasteiger partial charge >= 0.3 is 0 Å². The molecule has 0 aliphatic carbocycles. The Hall–Kier alpha value is -1.06. The van der Waals surface area contributed by atoms with Gasteiger partial charge < -0.3 is 10.3 Å². The molecule has 0 aliphatic heterocycles. The molecule has 3 nitrogen and oxygen atoms in total. The fraction of sp³-hybridized carbons (Fsp3) is 0.462. The fourth-order valence-corrected chi connectivity index (χ4v) is 2.34. The van der Waals surface area contributed by atoms with Crippen LogP contribution >= 0.6 is 11.6 Å². The Morgan fingerprint density at radius 1 is 1.41 bits per heavy atom. The zero-order chi connectivity index (χ0) is 12.4. The largest absolute Gasteiger partial charge is 0.327 e. The second kappa shape index (κ2) is 5.07. The molecule has 0 bridgehead atoms. The second-order valence-corrected chi connectivity index (χ2v) is 4.66. The van der Waals surface area contributed by atoms with Crippen LogP contribution in [0.15, 0.2) is 18.2 Å². The van der Waals surface area contributed by atoms with Crippen molar-refractivity contribution in [1.29, 1.82) is 0 Å². The zero-order valence-corrected chi connectivity index (χ0v) is 11.0. The third kappa shape index (κ3) is 2.31. The minimum Gasteiger partial charge on any atom is -0.327 e.